The van der Waals surface area contributed by atoms with Crippen LogP contribution in [0.1, 0.15) is 32.3 Å². The second-order valence-corrected chi connectivity index (χ2v) is 9.15. The molecule has 2 aromatic rings. The van der Waals surface area contributed by atoms with E-state index in [4.69, 9.17) is 0 Å². The lowest BCUT2D eigenvalue weighted by atomic mass is 10.1. The quantitative estimate of drug-likeness (QED) is 0.609. The molecule has 7 heteroatoms. The van der Waals surface area contributed by atoms with Crippen molar-refractivity contribution in [3.63, 3.8) is 0 Å². The highest BCUT2D eigenvalue weighted by molar-refractivity contribution is 9.10. The minimum atomic E-state index is -3.82. The van der Waals surface area contributed by atoms with E-state index >= 15 is 0 Å². The Hall–Kier alpha value is -1.70. The predicted octanol–water partition coefficient (Wildman–Crippen LogP) is 3.64. The Morgan fingerprint density at radius 2 is 1.70 bits per heavy atom. The smallest absolute Gasteiger partial charge is 0.241 e. The first-order chi connectivity index (χ1) is 12.8. The summed E-state index contributed by atoms with van der Waals surface area (Å²) in [4.78, 5) is 12.9. The maximum absolute atomic E-state index is 12.8. The van der Waals surface area contributed by atoms with E-state index in [1.807, 2.05) is 44.2 Å². The van der Waals surface area contributed by atoms with Crippen LogP contribution in [0, 0.1) is 0 Å². The predicted molar refractivity (Wildman–Crippen MR) is 111 cm³/mol. The second-order valence-electron chi connectivity index (χ2n) is 6.52. The van der Waals surface area contributed by atoms with Crippen molar-refractivity contribution in [2.24, 2.45) is 0 Å². The van der Waals surface area contributed by atoms with Crippen molar-refractivity contribution in [1.82, 2.24) is 10.0 Å². The SMILES string of the molecule is CCC[C@@H](C)NC(=O)[C@@H](Cc1ccccc1)NS(=O)(=O)c1ccc(Br)cc1. The summed E-state index contributed by atoms with van der Waals surface area (Å²) in [5.74, 6) is -0.319. The van der Waals surface area contributed by atoms with Gasteiger partial charge in [0, 0.05) is 10.5 Å². The Labute approximate surface area is 169 Å². The van der Waals surface area contributed by atoms with Crippen LogP contribution in [0.4, 0.5) is 0 Å². The highest BCUT2D eigenvalue weighted by Gasteiger charge is 2.26. The van der Waals surface area contributed by atoms with Gasteiger partial charge >= 0.3 is 0 Å². The van der Waals surface area contributed by atoms with E-state index in [2.05, 4.69) is 26.0 Å². The largest absolute Gasteiger partial charge is 0.352 e. The highest BCUT2D eigenvalue weighted by atomic mass is 79.9. The van der Waals surface area contributed by atoms with Crippen molar-refractivity contribution in [1.29, 1.82) is 0 Å². The summed E-state index contributed by atoms with van der Waals surface area (Å²) in [6.45, 7) is 3.96. The Morgan fingerprint density at radius 1 is 1.07 bits per heavy atom. The van der Waals surface area contributed by atoms with E-state index in [0.717, 1.165) is 22.9 Å². The van der Waals surface area contributed by atoms with Crippen LogP contribution in [-0.2, 0) is 21.2 Å². The number of halogens is 1. The summed E-state index contributed by atoms with van der Waals surface area (Å²) >= 11 is 3.29. The van der Waals surface area contributed by atoms with Gasteiger partial charge in [-0.1, -0.05) is 59.6 Å². The van der Waals surface area contributed by atoms with Crippen molar-refractivity contribution in [3.8, 4) is 0 Å². The fourth-order valence-corrected chi connectivity index (χ4v) is 4.22. The molecule has 0 aliphatic carbocycles. The van der Waals surface area contributed by atoms with E-state index in [1.165, 1.54) is 12.1 Å². The molecule has 0 spiro atoms. The van der Waals surface area contributed by atoms with Crippen molar-refractivity contribution < 1.29 is 13.2 Å². The third-order valence-electron chi connectivity index (χ3n) is 4.13. The lowest BCUT2D eigenvalue weighted by Gasteiger charge is -2.21. The molecule has 0 aromatic heterocycles. The Balaban J connectivity index is 2.22. The van der Waals surface area contributed by atoms with E-state index in [-0.39, 0.29) is 23.3 Å². The molecule has 0 bridgehead atoms. The minimum Gasteiger partial charge on any atom is -0.352 e. The highest BCUT2D eigenvalue weighted by Crippen LogP contribution is 2.16. The fourth-order valence-electron chi connectivity index (χ4n) is 2.76. The van der Waals surface area contributed by atoms with Crippen LogP contribution >= 0.6 is 15.9 Å². The van der Waals surface area contributed by atoms with Crippen molar-refractivity contribution in [2.75, 3.05) is 0 Å². The molecule has 0 saturated carbocycles. The van der Waals surface area contributed by atoms with E-state index in [9.17, 15) is 13.2 Å². The van der Waals surface area contributed by atoms with Gasteiger partial charge in [0.2, 0.25) is 15.9 Å². The zero-order valence-electron chi connectivity index (χ0n) is 15.5. The first-order valence-electron chi connectivity index (χ1n) is 8.94. The summed E-state index contributed by atoms with van der Waals surface area (Å²) in [6, 6.07) is 14.8. The number of benzene rings is 2. The number of sulfonamides is 1. The van der Waals surface area contributed by atoms with Gasteiger partial charge in [-0.2, -0.15) is 4.72 Å². The van der Waals surface area contributed by atoms with Gasteiger partial charge in [0.1, 0.15) is 6.04 Å². The molecule has 2 N–H and O–H groups in total. The molecule has 0 unspecified atom stereocenters. The molecule has 2 rings (SSSR count). The van der Waals surface area contributed by atoms with Crippen LogP contribution in [-0.4, -0.2) is 26.4 Å². The second kappa shape index (κ2) is 10.0. The van der Waals surface area contributed by atoms with Crippen LogP contribution < -0.4 is 10.0 Å². The Bertz CT molecular complexity index is 839. The van der Waals surface area contributed by atoms with Gasteiger partial charge in [0.25, 0.3) is 0 Å². The van der Waals surface area contributed by atoms with E-state index in [0.29, 0.717) is 0 Å². The molecular formula is C20H25BrN2O3S. The summed E-state index contributed by atoms with van der Waals surface area (Å²) in [7, 11) is -3.82. The van der Waals surface area contributed by atoms with Gasteiger partial charge in [0.15, 0.2) is 0 Å². The average molecular weight is 453 g/mol. The minimum absolute atomic E-state index is 0.0158. The van der Waals surface area contributed by atoms with E-state index < -0.39 is 16.1 Å². The molecule has 0 heterocycles. The normalized spacial score (nSPS) is 13.7. The maximum atomic E-state index is 12.8. The number of nitrogens with one attached hydrogen (secondary N) is 2. The van der Waals surface area contributed by atoms with Gasteiger partial charge in [-0.05, 0) is 49.6 Å². The number of hydrogen-bond acceptors (Lipinski definition) is 3. The van der Waals surface area contributed by atoms with Crippen molar-refractivity contribution in [3.05, 3.63) is 64.6 Å². The van der Waals surface area contributed by atoms with Gasteiger partial charge in [0.05, 0.1) is 4.90 Å². The van der Waals surface area contributed by atoms with Gasteiger partial charge < -0.3 is 5.32 Å². The monoisotopic (exact) mass is 452 g/mol. The van der Waals surface area contributed by atoms with Crippen LogP contribution in [0.3, 0.4) is 0 Å². The number of carbonyl (C=O) groups is 1. The third kappa shape index (κ3) is 6.75. The molecular weight excluding hydrogens is 428 g/mol. The first-order valence-corrected chi connectivity index (χ1v) is 11.2. The Morgan fingerprint density at radius 3 is 2.30 bits per heavy atom. The van der Waals surface area contributed by atoms with Crippen LogP contribution in [0.5, 0.6) is 0 Å². The molecule has 2 atom stereocenters. The standard InChI is InChI=1S/C20H25BrN2O3S/c1-3-7-15(2)22-20(24)19(14-16-8-5-4-6-9-16)23-27(25,26)18-12-10-17(21)11-13-18/h4-6,8-13,15,19,23H,3,7,14H2,1-2H3,(H,22,24)/t15-,19-/m1/s1. The van der Waals surface area contributed by atoms with Gasteiger partial charge in [-0.3, -0.25) is 4.79 Å². The summed E-state index contributed by atoms with van der Waals surface area (Å²) in [5.41, 5.74) is 0.888. The molecule has 27 heavy (non-hydrogen) atoms. The van der Waals surface area contributed by atoms with Crippen LogP contribution in [0.25, 0.3) is 0 Å². The summed E-state index contributed by atoms with van der Waals surface area (Å²) < 4.78 is 28.9. The number of rotatable bonds is 9. The maximum Gasteiger partial charge on any atom is 0.241 e. The third-order valence-corrected chi connectivity index (χ3v) is 6.15. The number of hydrogen-bond donors (Lipinski definition) is 2. The molecule has 5 nitrogen and oxygen atoms in total. The molecule has 1 amide bonds. The molecule has 0 aliphatic rings. The van der Waals surface area contributed by atoms with Crippen molar-refractivity contribution in [2.45, 2.75) is 50.1 Å². The molecule has 146 valence electrons. The molecule has 0 saturated heterocycles. The van der Waals surface area contributed by atoms with Gasteiger partial charge in [-0.25, -0.2) is 8.42 Å². The lowest BCUT2D eigenvalue weighted by Crippen LogP contribution is -2.50. The molecule has 0 radical (unpaired) electrons. The number of carbonyl (C=O) groups excluding carboxylic acids is 1. The zero-order chi connectivity index (χ0) is 19.9. The topological polar surface area (TPSA) is 75.3 Å². The summed E-state index contributed by atoms with van der Waals surface area (Å²) in [6.07, 6.45) is 2.06. The zero-order valence-corrected chi connectivity index (χ0v) is 17.9. The van der Waals surface area contributed by atoms with Gasteiger partial charge in [-0.15, -0.1) is 0 Å². The van der Waals surface area contributed by atoms with Crippen molar-refractivity contribution >= 4 is 31.9 Å². The van der Waals surface area contributed by atoms with Crippen LogP contribution in [0.2, 0.25) is 0 Å². The summed E-state index contributed by atoms with van der Waals surface area (Å²) in [5, 5.41) is 2.91. The van der Waals surface area contributed by atoms with Crippen LogP contribution in [0.15, 0.2) is 64.0 Å². The molecule has 0 aliphatic heterocycles. The lowest BCUT2D eigenvalue weighted by molar-refractivity contribution is -0.123. The number of amides is 1. The first kappa shape index (κ1) is 21.6. The average Bonchev–Trinajstić information content (AvgIpc) is 2.62. The molecule has 2 aromatic carbocycles. The Kier molecular flexibility index (Phi) is 8.01. The fraction of sp³-hybridized carbons (Fsp3) is 0.350. The van der Waals surface area contributed by atoms with E-state index in [1.54, 1.807) is 12.1 Å². The molecule has 0 fully saturated rings.